The Balaban J connectivity index is 1.34. The SMILES string of the molecule is C[C@H](C(=O)Nc1ccc(N(C)C)cc1)N1CCN(S(=O)(=O)c2ccc3c(c2)CCC3)CC1. The molecule has 1 aliphatic heterocycles. The normalized spacial score (nSPS) is 18.2. The van der Waals surface area contributed by atoms with E-state index in [9.17, 15) is 13.2 Å². The molecule has 4 rings (SSSR count). The smallest absolute Gasteiger partial charge is 0.243 e. The molecule has 0 radical (unpaired) electrons. The van der Waals surface area contributed by atoms with Crippen molar-refractivity contribution < 1.29 is 13.2 Å². The van der Waals surface area contributed by atoms with E-state index in [4.69, 9.17) is 0 Å². The minimum absolute atomic E-state index is 0.0856. The number of nitrogens with zero attached hydrogens (tertiary/aromatic N) is 3. The first-order valence-electron chi connectivity index (χ1n) is 11.2. The van der Waals surface area contributed by atoms with Crippen molar-refractivity contribution in [1.82, 2.24) is 9.21 Å². The molecule has 2 aromatic rings. The minimum Gasteiger partial charge on any atom is -0.378 e. The van der Waals surface area contributed by atoms with Gasteiger partial charge in [-0.15, -0.1) is 0 Å². The number of carbonyl (C=O) groups is 1. The zero-order valence-corrected chi connectivity index (χ0v) is 19.9. The molecule has 0 saturated carbocycles. The highest BCUT2D eigenvalue weighted by atomic mass is 32.2. The van der Waals surface area contributed by atoms with E-state index in [0.29, 0.717) is 31.1 Å². The van der Waals surface area contributed by atoms with Crippen LogP contribution in [0.2, 0.25) is 0 Å². The number of piperazine rings is 1. The molecule has 1 amide bonds. The van der Waals surface area contributed by atoms with E-state index < -0.39 is 10.0 Å². The van der Waals surface area contributed by atoms with E-state index in [1.807, 2.05) is 67.2 Å². The third kappa shape index (κ3) is 4.67. The van der Waals surface area contributed by atoms with Crippen LogP contribution < -0.4 is 10.2 Å². The van der Waals surface area contributed by atoms with Crippen molar-refractivity contribution >= 4 is 27.3 Å². The van der Waals surface area contributed by atoms with Crippen LogP contribution in [0.4, 0.5) is 11.4 Å². The van der Waals surface area contributed by atoms with Crippen LogP contribution in [0.15, 0.2) is 47.4 Å². The molecule has 172 valence electrons. The van der Waals surface area contributed by atoms with E-state index in [2.05, 4.69) is 5.32 Å². The van der Waals surface area contributed by atoms with Gasteiger partial charge >= 0.3 is 0 Å². The Labute approximate surface area is 191 Å². The van der Waals surface area contributed by atoms with Gasteiger partial charge in [0.1, 0.15) is 0 Å². The Morgan fingerprint density at radius 1 is 0.969 bits per heavy atom. The highest BCUT2D eigenvalue weighted by Gasteiger charge is 2.32. The lowest BCUT2D eigenvalue weighted by atomic mass is 10.1. The van der Waals surface area contributed by atoms with Gasteiger partial charge < -0.3 is 10.2 Å². The van der Waals surface area contributed by atoms with Crippen molar-refractivity contribution in [3.8, 4) is 0 Å². The fraction of sp³-hybridized carbons (Fsp3) is 0.458. The summed E-state index contributed by atoms with van der Waals surface area (Å²) < 4.78 is 27.8. The molecule has 1 N–H and O–H groups in total. The number of benzene rings is 2. The Hall–Kier alpha value is -2.42. The summed E-state index contributed by atoms with van der Waals surface area (Å²) in [5, 5.41) is 2.97. The summed E-state index contributed by atoms with van der Waals surface area (Å²) in [4.78, 5) is 17.2. The van der Waals surface area contributed by atoms with Gasteiger partial charge in [-0.1, -0.05) is 6.07 Å². The highest BCUT2D eigenvalue weighted by Crippen LogP contribution is 2.27. The first-order chi connectivity index (χ1) is 15.3. The van der Waals surface area contributed by atoms with E-state index in [1.165, 1.54) is 5.56 Å². The van der Waals surface area contributed by atoms with Gasteiger partial charge in [-0.2, -0.15) is 4.31 Å². The number of nitrogens with one attached hydrogen (secondary N) is 1. The monoisotopic (exact) mass is 456 g/mol. The fourth-order valence-electron chi connectivity index (χ4n) is 4.44. The summed E-state index contributed by atoms with van der Waals surface area (Å²) in [5.41, 5.74) is 4.25. The molecule has 7 nitrogen and oxygen atoms in total. The van der Waals surface area contributed by atoms with Crippen molar-refractivity contribution in [2.24, 2.45) is 0 Å². The van der Waals surface area contributed by atoms with Crippen LogP contribution >= 0.6 is 0 Å². The van der Waals surface area contributed by atoms with Gasteiger partial charge in [0.15, 0.2) is 0 Å². The van der Waals surface area contributed by atoms with Crippen LogP contribution in [0.5, 0.6) is 0 Å². The molecule has 0 aromatic heterocycles. The number of carbonyl (C=O) groups excluding carboxylic acids is 1. The molecule has 1 saturated heterocycles. The quantitative estimate of drug-likeness (QED) is 0.723. The second-order valence-electron chi connectivity index (χ2n) is 8.83. The molecular weight excluding hydrogens is 424 g/mol. The summed E-state index contributed by atoms with van der Waals surface area (Å²) in [7, 11) is 0.434. The maximum absolute atomic E-state index is 13.1. The van der Waals surface area contributed by atoms with Gasteiger partial charge in [0.05, 0.1) is 10.9 Å². The third-order valence-electron chi connectivity index (χ3n) is 6.56. The first kappa shape index (κ1) is 22.8. The lowest BCUT2D eigenvalue weighted by Gasteiger charge is -2.36. The summed E-state index contributed by atoms with van der Waals surface area (Å²) in [6.07, 6.45) is 3.09. The van der Waals surface area contributed by atoms with Gasteiger partial charge in [-0.25, -0.2) is 8.42 Å². The number of hydrogen-bond donors (Lipinski definition) is 1. The number of anilines is 2. The van der Waals surface area contributed by atoms with E-state index in [-0.39, 0.29) is 11.9 Å². The van der Waals surface area contributed by atoms with Gasteiger partial charge in [0.2, 0.25) is 15.9 Å². The van der Waals surface area contributed by atoms with Crippen molar-refractivity contribution in [1.29, 1.82) is 0 Å². The Morgan fingerprint density at radius 2 is 1.62 bits per heavy atom. The third-order valence-corrected chi connectivity index (χ3v) is 8.45. The average molecular weight is 457 g/mol. The average Bonchev–Trinajstić information content (AvgIpc) is 3.27. The van der Waals surface area contributed by atoms with Crippen molar-refractivity contribution in [3.05, 3.63) is 53.6 Å². The molecule has 1 fully saturated rings. The number of amides is 1. The predicted molar refractivity (Wildman–Crippen MR) is 128 cm³/mol. The Kier molecular flexibility index (Phi) is 6.55. The second kappa shape index (κ2) is 9.21. The minimum atomic E-state index is -3.51. The van der Waals surface area contributed by atoms with Crippen molar-refractivity contribution in [3.63, 3.8) is 0 Å². The highest BCUT2D eigenvalue weighted by molar-refractivity contribution is 7.89. The standard InChI is InChI=1S/C24H32N4O3S/c1-18(24(29)25-21-8-10-22(11-9-21)26(2)3)27-13-15-28(16-14-27)32(30,31)23-12-7-19-5-4-6-20(19)17-23/h7-12,17-18H,4-6,13-16H2,1-3H3,(H,25,29)/t18-/m1/s1. The topological polar surface area (TPSA) is 73.0 Å². The molecule has 1 atom stereocenters. The molecule has 2 aliphatic rings. The lowest BCUT2D eigenvalue weighted by molar-refractivity contribution is -0.121. The Morgan fingerprint density at radius 3 is 2.28 bits per heavy atom. The number of rotatable bonds is 6. The van der Waals surface area contributed by atoms with Crippen molar-refractivity contribution in [2.45, 2.75) is 37.1 Å². The van der Waals surface area contributed by atoms with Crippen LogP contribution in [0.3, 0.4) is 0 Å². The largest absolute Gasteiger partial charge is 0.378 e. The molecule has 0 bridgehead atoms. The molecule has 0 unspecified atom stereocenters. The Bertz CT molecular complexity index is 1070. The van der Waals surface area contributed by atoms with Crippen molar-refractivity contribution in [2.75, 3.05) is 50.5 Å². The fourth-order valence-corrected chi connectivity index (χ4v) is 5.92. The number of fused-ring (bicyclic) bond motifs is 1. The lowest BCUT2D eigenvalue weighted by Crippen LogP contribution is -2.53. The zero-order valence-electron chi connectivity index (χ0n) is 19.0. The van der Waals surface area contributed by atoms with Crippen LogP contribution in [0, 0.1) is 0 Å². The maximum atomic E-state index is 13.1. The van der Waals surface area contributed by atoms with Crippen LogP contribution in [0.25, 0.3) is 0 Å². The van der Waals surface area contributed by atoms with E-state index >= 15 is 0 Å². The molecule has 8 heteroatoms. The van der Waals surface area contributed by atoms with E-state index in [1.54, 1.807) is 10.4 Å². The second-order valence-corrected chi connectivity index (χ2v) is 10.8. The number of sulfonamides is 1. The van der Waals surface area contributed by atoms with Gasteiger partial charge in [0, 0.05) is 51.6 Å². The summed E-state index contributed by atoms with van der Waals surface area (Å²) in [6.45, 7) is 3.69. The predicted octanol–water partition coefficient (Wildman–Crippen LogP) is 2.57. The van der Waals surface area contributed by atoms with Crippen LogP contribution in [0.1, 0.15) is 24.5 Å². The summed E-state index contributed by atoms with van der Waals surface area (Å²) >= 11 is 0. The van der Waals surface area contributed by atoms with Gasteiger partial charge in [-0.3, -0.25) is 9.69 Å². The molecule has 2 aromatic carbocycles. The van der Waals surface area contributed by atoms with Crippen LogP contribution in [-0.2, 0) is 27.7 Å². The molecular formula is C24H32N4O3S. The van der Waals surface area contributed by atoms with Crippen LogP contribution in [-0.4, -0.2) is 69.8 Å². The zero-order chi connectivity index (χ0) is 22.9. The molecule has 0 spiro atoms. The number of aryl methyl sites for hydroxylation is 2. The summed E-state index contributed by atoms with van der Waals surface area (Å²) in [5.74, 6) is -0.0856. The molecule has 32 heavy (non-hydrogen) atoms. The summed E-state index contributed by atoms with van der Waals surface area (Å²) in [6, 6.07) is 12.9. The first-order valence-corrected chi connectivity index (χ1v) is 12.6. The number of hydrogen-bond acceptors (Lipinski definition) is 5. The maximum Gasteiger partial charge on any atom is 0.243 e. The molecule has 1 heterocycles. The van der Waals surface area contributed by atoms with E-state index in [0.717, 1.165) is 36.2 Å². The molecule has 1 aliphatic carbocycles. The van der Waals surface area contributed by atoms with Gasteiger partial charge in [-0.05, 0) is 73.7 Å². The van der Waals surface area contributed by atoms with Gasteiger partial charge in [0.25, 0.3) is 0 Å².